The SMILES string of the molecule is CCNC(C(C)C)C(O)c1ccc(F)c(C)c1. The Hall–Kier alpha value is -0.930. The lowest BCUT2D eigenvalue weighted by Crippen LogP contribution is -2.39. The predicted molar refractivity (Wildman–Crippen MR) is 68.4 cm³/mol. The van der Waals surface area contributed by atoms with Gasteiger partial charge in [-0.15, -0.1) is 0 Å². The Morgan fingerprint density at radius 2 is 2.00 bits per heavy atom. The predicted octanol–water partition coefficient (Wildman–Crippen LogP) is 2.80. The van der Waals surface area contributed by atoms with Crippen molar-refractivity contribution in [1.82, 2.24) is 5.32 Å². The second-order valence-corrected chi connectivity index (χ2v) is 4.78. The summed E-state index contributed by atoms with van der Waals surface area (Å²) in [6, 6.07) is 4.77. The van der Waals surface area contributed by atoms with E-state index in [1.807, 2.05) is 6.92 Å². The largest absolute Gasteiger partial charge is 0.387 e. The molecule has 0 aliphatic heterocycles. The number of hydrogen-bond acceptors (Lipinski definition) is 2. The zero-order valence-corrected chi connectivity index (χ0v) is 11.0. The molecule has 0 fully saturated rings. The first-order valence-electron chi connectivity index (χ1n) is 6.14. The quantitative estimate of drug-likeness (QED) is 0.828. The van der Waals surface area contributed by atoms with Crippen molar-refractivity contribution in [3.05, 3.63) is 35.1 Å². The number of hydrogen-bond donors (Lipinski definition) is 2. The zero-order valence-electron chi connectivity index (χ0n) is 11.0. The molecule has 3 heteroatoms. The summed E-state index contributed by atoms with van der Waals surface area (Å²) in [5, 5.41) is 13.6. The van der Waals surface area contributed by atoms with Gasteiger partial charge < -0.3 is 10.4 Å². The van der Waals surface area contributed by atoms with Crippen LogP contribution in [0.15, 0.2) is 18.2 Å². The van der Waals surface area contributed by atoms with Crippen LogP contribution in [0.25, 0.3) is 0 Å². The Labute approximate surface area is 103 Å². The first kappa shape index (κ1) is 14.1. The van der Waals surface area contributed by atoms with Crippen LogP contribution >= 0.6 is 0 Å². The molecule has 2 unspecified atom stereocenters. The molecule has 17 heavy (non-hydrogen) atoms. The first-order valence-corrected chi connectivity index (χ1v) is 6.14. The van der Waals surface area contributed by atoms with Gasteiger partial charge in [0, 0.05) is 6.04 Å². The van der Waals surface area contributed by atoms with Gasteiger partial charge in [0.15, 0.2) is 0 Å². The van der Waals surface area contributed by atoms with Crippen LogP contribution in [0.1, 0.15) is 38.0 Å². The van der Waals surface area contributed by atoms with Gasteiger partial charge in [-0.25, -0.2) is 4.39 Å². The standard InChI is InChI=1S/C14H22FNO/c1-5-16-13(9(2)3)14(17)11-6-7-12(15)10(4)8-11/h6-9,13-14,16-17H,5H2,1-4H3. The Kier molecular flexibility index (Phi) is 5.09. The first-order chi connectivity index (χ1) is 7.97. The van der Waals surface area contributed by atoms with Crippen molar-refractivity contribution in [2.24, 2.45) is 5.92 Å². The van der Waals surface area contributed by atoms with Crippen molar-refractivity contribution in [2.45, 2.75) is 39.8 Å². The fourth-order valence-corrected chi connectivity index (χ4v) is 2.01. The van der Waals surface area contributed by atoms with Crippen molar-refractivity contribution in [1.29, 1.82) is 0 Å². The average Bonchev–Trinajstić information content (AvgIpc) is 2.28. The van der Waals surface area contributed by atoms with E-state index in [1.54, 1.807) is 19.1 Å². The molecule has 2 atom stereocenters. The van der Waals surface area contributed by atoms with E-state index in [-0.39, 0.29) is 11.9 Å². The van der Waals surface area contributed by atoms with Gasteiger partial charge in [0.05, 0.1) is 6.10 Å². The summed E-state index contributed by atoms with van der Waals surface area (Å²) >= 11 is 0. The Morgan fingerprint density at radius 3 is 2.47 bits per heavy atom. The third-order valence-electron chi connectivity index (χ3n) is 3.02. The van der Waals surface area contributed by atoms with Gasteiger partial charge in [-0.05, 0) is 36.6 Å². The maximum Gasteiger partial charge on any atom is 0.126 e. The number of nitrogens with one attached hydrogen (secondary N) is 1. The molecule has 2 N–H and O–H groups in total. The number of halogens is 1. The van der Waals surface area contributed by atoms with Crippen LogP contribution in [0.5, 0.6) is 0 Å². The van der Waals surface area contributed by atoms with E-state index in [9.17, 15) is 9.50 Å². The topological polar surface area (TPSA) is 32.3 Å². The van der Waals surface area contributed by atoms with Crippen LogP contribution in [0.3, 0.4) is 0 Å². The highest BCUT2D eigenvalue weighted by Gasteiger charge is 2.23. The summed E-state index contributed by atoms with van der Waals surface area (Å²) in [6.07, 6.45) is -0.603. The summed E-state index contributed by atoms with van der Waals surface area (Å²) in [7, 11) is 0. The van der Waals surface area contributed by atoms with Crippen molar-refractivity contribution < 1.29 is 9.50 Å². The normalized spacial score (nSPS) is 15.0. The van der Waals surface area contributed by atoms with Gasteiger partial charge in [-0.1, -0.05) is 32.9 Å². The van der Waals surface area contributed by atoms with Gasteiger partial charge in [-0.3, -0.25) is 0 Å². The zero-order chi connectivity index (χ0) is 13.0. The second kappa shape index (κ2) is 6.12. The van der Waals surface area contributed by atoms with E-state index in [4.69, 9.17) is 0 Å². The molecule has 0 radical (unpaired) electrons. The lowest BCUT2D eigenvalue weighted by Gasteiger charge is -2.27. The number of aliphatic hydroxyl groups excluding tert-OH is 1. The van der Waals surface area contributed by atoms with E-state index in [2.05, 4.69) is 19.2 Å². The number of aliphatic hydroxyl groups is 1. The fraction of sp³-hybridized carbons (Fsp3) is 0.571. The molecule has 0 spiro atoms. The summed E-state index contributed by atoms with van der Waals surface area (Å²) in [5.74, 6) is 0.0841. The molecule has 0 saturated carbocycles. The molecule has 96 valence electrons. The minimum absolute atomic E-state index is 0.00939. The Morgan fingerprint density at radius 1 is 1.35 bits per heavy atom. The molecular weight excluding hydrogens is 217 g/mol. The minimum Gasteiger partial charge on any atom is -0.387 e. The molecule has 0 aliphatic rings. The average molecular weight is 239 g/mol. The van der Waals surface area contributed by atoms with E-state index in [0.717, 1.165) is 12.1 Å². The molecule has 0 amide bonds. The molecule has 1 aromatic carbocycles. The third-order valence-corrected chi connectivity index (χ3v) is 3.02. The van der Waals surface area contributed by atoms with Crippen molar-refractivity contribution in [3.63, 3.8) is 0 Å². The molecule has 0 bridgehead atoms. The van der Waals surface area contributed by atoms with E-state index in [1.165, 1.54) is 6.07 Å². The molecule has 1 aromatic rings. The lowest BCUT2D eigenvalue weighted by atomic mass is 9.92. The molecule has 0 saturated heterocycles. The highest BCUT2D eigenvalue weighted by Crippen LogP contribution is 2.23. The highest BCUT2D eigenvalue weighted by molar-refractivity contribution is 5.26. The summed E-state index contributed by atoms with van der Waals surface area (Å²) in [4.78, 5) is 0. The Balaban J connectivity index is 2.92. The molecule has 1 rings (SSSR count). The Bertz CT molecular complexity index is 365. The summed E-state index contributed by atoms with van der Waals surface area (Å²) in [6.45, 7) is 8.65. The van der Waals surface area contributed by atoms with E-state index in [0.29, 0.717) is 11.5 Å². The van der Waals surface area contributed by atoms with Crippen LogP contribution in [0.4, 0.5) is 4.39 Å². The van der Waals surface area contributed by atoms with Crippen molar-refractivity contribution in [2.75, 3.05) is 6.54 Å². The maximum atomic E-state index is 13.2. The molecule has 0 aromatic heterocycles. The highest BCUT2D eigenvalue weighted by atomic mass is 19.1. The van der Waals surface area contributed by atoms with Gasteiger partial charge in [-0.2, -0.15) is 0 Å². The van der Waals surface area contributed by atoms with Gasteiger partial charge in [0.1, 0.15) is 5.82 Å². The van der Waals surface area contributed by atoms with Crippen LogP contribution < -0.4 is 5.32 Å². The lowest BCUT2D eigenvalue weighted by molar-refractivity contribution is 0.106. The molecule has 2 nitrogen and oxygen atoms in total. The van der Waals surface area contributed by atoms with Crippen LogP contribution in [-0.2, 0) is 0 Å². The van der Waals surface area contributed by atoms with Gasteiger partial charge in [0.25, 0.3) is 0 Å². The van der Waals surface area contributed by atoms with E-state index >= 15 is 0 Å². The third kappa shape index (κ3) is 3.51. The number of benzene rings is 1. The maximum absolute atomic E-state index is 13.2. The van der Waals surface area contributed by atoms with Crippen LogP contribution in [0, 0.1) is 18.7 Å². The van der Waals surface area contributed by atoms with Crippen LogP contribution in [-0.4, -0.2) is 17.7 Å². The fourth-order valence-electron chi connectivity index (χ4n) is 2.01. The number of rotatable bonds is 5. The van der Waals surface area contributed by atoms with Gasteiger partial charge >= 0.3 is 0 Å². The second-order valence-electron chi connectivity index (χ2n) is 4.78. The number of likely N-dealkylation sites (N-methyl/N-ethyl adjacent to an activating group) is 1. The molecular formula is C14H22FNO. The van der Waals surface area contributed by atoms with Crippen molar-refractivity contribution in [3.8, 4) is 0 Å². The van der Waals surface area contributed by atoms with E-state index < -0.39 is 6.10 Å². The van der Waals surface area contributed by atoms with Crippen molar-refractivity contribution >= 4 is 0 Å². The van der Waals surface area contributed by atoms with Crippen LogP contribution in [0.2, 0.25) is 0 Å². The monoisotopic (exact) mass is 239 g/mol. The van der Waals surface area contributed by atoms with Gasteiger partial charge in [0.2, 0.25) is 0 Å². The minimum atomic E-state index is -0.603. The molecule has 0 aliphatic carbocycles. The molecule has 0 heterocycles. The summed E-state index contributed by atoms with van der Waals surface area (Å²) < 4.78 is 13.2. The smallest absolute Gasteiger partial charge is 0.126 e. The number of aryl methyl sites for hydroxylation is 1. The summed E-state index contributed by atoms with van der Waals surface area (Å²) in [5.41, 5.74) is 1.34.